The molecule has 5 atom stereocenters. The first kappa shape index (κ1) is 24.1. The molecule has 4 rings (SSSR count). The van der Waals surface area contributed by atoms with E-state index in [1.54, 1.807) is 0 Å². The molecule has 2 saturated heterocycles. The summed E-state index contributed by atoms with van der Waals surface area (Å²) in [6, 6.07) is 13.9. The second-order valence-electron chi connectivity index (χ2n) is 8.76. The number of fused-ring (bicyclic) bond motifs is 1. The number of rotatable bonds is 5. The van der Waals surface area contributed by atoms with Crippen molar-refractivity contribution in [3.05, 3.63) is 47.5 Å². The van der Waals surface area contributed by atoms with Crippen molar-refractivity contribution in [2.24, 2.45) is 0 Å². The van der Waals surface area contributed by atoms with E-state index in [1.807, 2.05) is 30.3 Å². The van der Waals surface area contributed by atoms with Gasteiger partial charge in [-0.25, -0.2) is 0 Å². The lowest BCUT2D eigenvalue weighted by Gasteiger charge is -2.38. The van der Waals surface area contributed by atoms with Gasteiger partial charge in [0.1, 0.15) is 36.1 Å². The van der Waals surface area contributed by atoms with Crippen molar-refractivity contribution >= 4 is 28.4 Å². The number of amides is 1. The van der Waals surface area contributed by atoms with Crippen LogP contribution in [0.2, 0.25) is 0 Å². The van der Waals surface area contributed by atoms with Crippen LogP contribution in [0.15, 0.2) is 42.0 Å². The summed E-state index contributed by atoms with van der Waals surface area (Å²) < 4.78 is 5.04. The van der Waals surface area contributed by atoms with Gasteiger partial charge in [0.2, 0.25) is 0 Å². The van der Waals surface area contributed by atoms with Gasteiger partial charge >= 0.3 is 0 Å². The van der Waals surface area contributed by atoms with Crippen LogP contribution in [-0.4, -0.2) is 76.7 Å². The molecule has 9 nitrogen and oxygen atoms in total. The van der Waals surface area contributed by atoms with Crippen LogP contribution >= 0.6 is 0 Å². The van der Waals surface area contributed by atoms with E-state index in [2.05, 4.69) is 22.3 Å². The molecular weight excluding hydrogens is 438 g/mol. The fraction of sp³-hybridized carbons (Fsp3) is 0.440. The van der Waals surface area contributed by atoms with Crippen LogP contribution in [0.25, 0.3) is 16.8 Å². The van der Waals surface area contributed by atoms with E-state index in [1.165, 1.54) is 31.0 Å². The molecule has 2 aliphatic heterocycles. The standard InChI is InChI=1S/C25H29N3O6/c26-13-18(24(32)27-14-20-21(29)22(30)23(31)25(33)34-20)11-15-4-5-17-12-19(7-6-16(17)10-15)28-8-2-1-3-9-28/h4-7,10-12,20-23,25,29-31,33H,1-3,8-9,14H2,(H,27,32)/b18-11-/t20-,21?,22?,23?,25?/m1/s1. The van der Waals surface area contributed by atoms with Gasteiger partial charge in [0.25, 0.3) is 5.91 Å². The fourth-order valence-electron chi connectivity index (χ4n) is 4.39. The summed E-state index contributed by atoms with van der Waals surface area (Å²) in [5, 5.41) is 52.9. The third-order valence-corrected chi connectivity index (χ3v) is 6.40. The molecule has 9 heteroatoms. The first-order valence-electron chi connectivity index (χ1n) is 11.4. The third-order valence-electron chi connectivity index (χ3n) is 6.40. The summed E-state index contributed by atoms with van der Waals surface area (Å²) in [5.74, 6) is -0.686. The van der Waals surface area contributed by atoms with Crippen LogP contribution in [-0.2, 0) is 9.53 Å². The highest BCUT2D eigenvalue weighted by atomic mass is 16.6. The van der Waals surface area contributed by atoms with Crippen LogP contribution in [0.1, 0.15) is 24.8 Å². The summed E-state index contributed by atoms with van der Waals surface area (Å²) in [7, 11) is 0. The molecule has 180 valence electrons. The monoisotopic (exact) mass is 467 g/mol. The Labute approximate surface area is 197 Å². The average Bonchev–Trinajstić information content (AvgIpc) is 2.87. The number of nitriles is 1. The number of benzene rings is 2. The molecule has 2 fully saturated rings. The van der Waals surface area contributed by atoms with Crippen molar-refractivity contribution in [2.75, 3.05) is 24.5 Å². The number of aliphatic hydroxyl groups excluding tert-OH is 4. The normalized spacial score (nSPS) is 27.9. The number of ether oxygens (including phenoxy) is 1. The smallest absolute Gasteiger partial charge is 0.262 e. The van der Waals surface area contributed by atoms with Gasteiger partial charge in [0, 0.05) is 25.3 Å². The van der Waals surface area contributed by atoms with Gasteiger partial charge in [-0.3, -0.25) is 4.79 Å². The predicted octanol–water partition coefficient (Wildman–Crippen LogP) is 0.653. The number of carbonyl (C=O) groups is 1. The number of anilines is 1. The van der Waals surface area contributed by atoms with E-state index in [9.17, 15) is 30.5 Å². The highest BCUT2D eigenvalue weighted by Gasteiger charge is 2.42. The quantitative estimate of drug-likeness (QED) is 0.318. The highest BCUT2D eigenvalue weighted by molar-refractivity contribution is 6.02. The second-order valence-corrected chi connectivity index (χ2v) is 8.76. The maximum absolute atomic E-state index is 12.5. The minimum atomic E-state index is -1.70. The molecule has 5 N–H and O–H groups in total. The third kappa shape index (κ3) is 5.22. The Morgan fingerprint density at radius 2 is 1.74 bits per heavy atom. The summed E-state index contributed by atoms with van der Waals surface area (Å²) in [6.45, 7) is 1.86. The zero-order valence-electron chi connectivity index (χ0n) is 18.7. The predicted molar refractivity (Wildman–Crippen MR) is 126 cm³/mol. The number of hydrogen-bond donors (Lipinski definition) is 5. The van der Waals surface area contributed by atoms with Crippen LogP contribution in [0.5, 0.6) is 0 Å². The summed E-state index contributed by atoms with van der Waals surface area (Å²) in [6.07, 6.45) is -2.47. The van der Waals surface area contributed by atoms with Gasteiger partial charge < -0.3 is 35.4 Å². The Kier molecular flexibility index (Phi) is 7.46. The van der Waals surface area contributed by atoms with Gasteiger partial charge in [0.05, 0.1) is 0 Å². The first-order valence-corrected chi connectivity index (χ1v) is 11.4. The molecule has 2 aromatic carbocycles. The molecule has 0 saturated carbocycles. The number of nitrogens with zero attached hydrogens (tertiary/aromatic N) is 2. The Bertz CT molecular complexity index is 1110. The van der Waals surface area contributed by atoms with E-state index in [0.29, 0.717) is 5.56 Å². The number of carbonyl (C=O) groups excluding carboxylic acids is 1. The minimum absolute atomic E-state index is 0.143. The first-order chi connectivity index (χ1) is 16.4. The van der Waals surface area contributed by atoms with Crippen molar-refractivity contribution in [3.8, 4) is 6.07 Å². The van der Waals surface area contributed by atoms with Gasteiger partial charge in [-0.05, 0) is 59.9 Å². The SMILES string of the molecule is N#C/C(=C/c1ccc2cc(N3CCCCC3)ccc2c1)C(=O)NC[C@H]1OC(O)C(O)C(O)C1O. The van der Waals surface area contributed by atoms with Crippen molar-refractivity contribution < 1.29 is 30.0 Å². The van der Waals surface area contributed by atoms with Crippen molar-refractivity contribution in [2.45, 2.75) is 50.0 Å². The molecule has 4 unspecified atom stereocenters. The Morgan fingerprint density at radius 3 is 2.47 bits per heavy atom. The lowest BCUT2D eigenvalue weighted by atomic mass is 9.99. The van der Waals surface area contributed by atoms with Crippen LogP contribution in [0.3, 0.4) is 0 Å². The Morgan fingerprint density at radius 1 is 1.03 bits per heavy atom. The van der Waals surface area contributed by atoms with Gasteiger partial charge in [-0.1, -0.05) is 18.2 Å². The molecule has 2 aliphatic rings. The maximum Gasteiger partial charge on any atom is 0.262 e. The Hall–Kier alpha value is -3.00. The molecule has 0 aromatic heterocycles. The van der Waals surface area contributed by atoms with E-state index in [4.69, 9.17) is 4.74 Å². The van der Waals surface area contributed by atoms with Gasteiger partial charge in [-0.2, -0.15) is 5.26 Å². The topological polar surface area (TPSA) is 146 Å². The molecule has 0 aliphatic carbocycles. The molecule has 2 aromatic rings. The van der Waals surface area contributed by atoms with E-state index < -0.39 is 36.6 Å². The molecule has 0 bridgehead atoms. The molecule has 34 heavy (non-hydrogen) atoms. The van der Waals surface area contributed by atoms with E-state index in [-0.39, 0.29) is 12.1 Å². The maximum atomic E-state index is 12.5. The summed E-state index contributed by atoms with van der Waals surface area (Å²) in [4.78, 5) is 14.9. The van der Waals surface area contributed by atoms with E-state index in [0.717, 1.165) is 23.9 Å². The number of piperidine rings is 1. The highest BCUT2D eigenvalue weighted by Crippen LogP contribution is 2.26. The van der Waals surface area contributed by atoms with Crippen LogP contribution in [0, 0.1) is 11.3 Å². The average molecular weight is 468 g/mol. The Balaban J connectivity index is 1.44. The number of hydrogen-bond acceptors (Lipinski definition) is 8. The zero-order chi connectivity index (χ0) is 24.2. The lowest BCUT2D eigenvalue weighted by Crippen LogP contribution is -2.60. The van der Waals surface area contributed by atoms with Crippen molar-refractivity contribution in [3.63, 3.8) is 0 Å². The lowest BCUT2D eigenvalue weighted by molar-refractivity contribution is -0.280. The van der Waals surface area contributed by atoms with Crippen molar-refractivity contribution in [1.29, 1.82) is 5.26 Å². The summed E-state index contributed by atoms with van der Waals surface area (Å²) in [5.41, 5.74) is 1.74. The van der Waals surface area contributed by atoms with Crippen LogP contribution < -0.4 is 10.2 Å². The van der Waals surface area contributed by atoms with Crippen molar-refractivity contribution in [1.82, 2.24) is 5.32 Å². The molecule has 1 amide bonds. The van der Waals surface area contributed by atoms with Crippen LogP contribution in [0.4, 0.5) is 5.69 Å². The minimum Gasteiger partial charge on any atom is -0.388 e. The molecule has 0 radical (unpaired) electrons. The molecular formula is C25H29N3O6. The molecule has 0 spiro atoms. The fourth-order valence-corrected chi connectivity index (χ4v) is 4.39. The molecule has 2 heterocycles. The van der Waals surface area contributed by atoms with Gasteiger partial charge in [0.15, 0.2) is 6.29 Å². The number of aliphatic hydroxyl groups is 4. The van der Waals surface area contributed by atoms with Gasteiger partial charge in [-0.15, -0.1) is 0 Å². The zero-order valence-corrected chi connectivity index (χ0v) is 18.7. The summed E-state index contributed by atoms with van der Waals surface area (Å²) >= 11 is 0. The number of nitrogens with one attached hydrogen (secondary N) is 1. The second kappa shape index (κ2) is 10.5. The largest absolute Gasteiger partial charge is 0.388 e. The van der Waals surface area contributed by atoms with E-state index >= 15 is 0 Å².